The molecule has 4 fully saturated rings. The topological polar surface area (TPSA) is 188 Å². The largest absolute Gasteiger partial charge is 0.481 e. The fourth-order valence-electron chi connectivity index (χ4n) is 9.52. The second-order valence-corrected chi connectivity index (χ2v) is 19.3. The molecule has 4 bridgehead atoms. The van der Waals surface area contributed by atoms with Crippen molar-refractivity contribution in [2.45, 2.75) is 65.3 Å². The van der Waals surface area contributed by atoms with Gasteiger partial charge in [-0.15, -0.1) is 10.2 Å². The van der Waals surface area contributed by atoms with Crippen LogP contribution in [-0.4, -0.2) is 93.2 Å². The van der Waals surface area contributed by atoms with Crippen LogP contribution in [0.15, 0.2) is 48.7 Å². The minimum Gasteiger partial charge on any atom is -0.481 e. The molecule has 0 unspecified atom stereocenters. The second kappa shape index (κ2) is 15.4. The molecule has 3 N–H and O–H groups in total. The van der Waals surface area contributed by atoms with E-state index in [1.807, 2.05) is 44.2 Å². The number of hydrogen-bond acceptors (Lipinski definition) is 13. The summed E-state index contributed by atoms with van der Waals surface area (Å²) in [6.07, 6.45) is 9.38. The van der Waals surface area contributed by atoms with Crippen molar-refractivity contribution in [3.8, 4) is 11.1 Å². The van der Waals surface area contributed by atoms with Gasteiger partial charge in [-0.3, -0.25) is 14.3 Å². The molecule has 4 aliphatic carbocycles. The first-order chi connectivity index (χ1) is 27.2. The van der Waals surface area contributed by atoms with E-state index < -0.39 is 27.7 Å². The highest BCUT2D eigenvalue weighted by Gasteiger charge is 2.51. The molecule has 4 aromatic heterocycles. The summed E-state index contributed by atoms with van der Waals surface area (Å²) in [5, 5.41) is 26.7. The van der Waals surface area contributed by atoms with Crippen molar-refractivity contribution in [3.05, 3.63) is 65.6 Å². The van der Waals surface area contributed by atoms with E-state index in [0.717, 1.165) is 45.8 Å². The number of benzene rings is 1. The van der Waals surface area contributed by atoms with Crippen LogP contribution in [0.2, 0.25) is 0 Å². The highest BCUT2D eigenvalue weighted by molar-refractivity contribution is 7.90. The van der Waals surface area contributed by atoms with E-state index in [9.17, 15) is 18.0 Å². The zero-order valence-corrected chi connectivity index (χ0v) is 34.2. The third-order valence-corrected chi connectivity index (χ3v) is 14.2. The Morgan fingerprint density at radius 2 is 1.67 bits per heavy atom. The van der Waals surface area contributed by atoms with Gasteiger partial charge in [0.2, 0.25) is 10.0 Å². The molecule has 15 nitrogen and oxygen atoms in total. The Bertz CT molecular complexity index is 2380. The van der Waals surface area contributed by atoms with Gasteiger partial charge in [-0.25, -0.2) is 23.1 Å². The van der Waals surface area contributed by atoms with Crippen molar-refractivity contribution in [2.24, 2.45) is 23.2 Å². The van der Waals surface area contributed by atoms with Gasteiger partial charge in [0.25, 0.3) is 5.91 Å². The molecule has 0 saturated heterocycles. The molecule has 4 aliphatic rings. The SMILES string of the molecule is Cc1cc(N(C)c2ccc(-c3cnn(CC45CC6CC(CC(C6)C4)C5)c3C)c(C(=O)NS(=O)(=O)CCN(C)CCC(=O)O)n2)nnc1Nc1nc2ccccc2s1. The summed E-state index contributed by atoms with van der Waals surface area (Å²) in [5.74, 6) is 1.51. The molecule has 1 amide bonds. The van der Waals surface area contributed by atoms with Crippen molar-refractivity contribution in [1.29, 1.82) is 0 Å². The van der Waals surface area contributed by atoms with Crippen molar-refractivity contribution in [3.63, 3.8) is 0 Å². The Morgan fingerprint density at radius 1 is 0.947 bits per heavy atom. The highest BCUT2D eigenvalue weighted by atomic mass is 32.2. The van der Waals surface area contributed by atoms with E-state index in [-0.39, 0.29) is 30.6 Å². The van der Waals surface area contributed by atoms with Crippen LogP contribution >= 0.6 is 11.3 Å². The smallest absolute Gasteiger partial charge is 0.304 e. The van der Waals surface area contributed by atoms with Gasteiger partial charge < -0.3 is 20.2 Å². The molecule has 17 heteroatoms. The summed E-state index contributed by atoms with van der Waals surface area (Å²) in [4.78, 5) is 37.8. The Balaban J connectivity index is 1.06. The van der Waals surface area contributed by atoms with Crippen molar-refractivity contribution < 1.29 is 23.1 Å². The molecule has 0 atom stereocenters. The molecule has 300 valence electrons. The Hall–Kier alpha value is -5.00. The van der Waals surface area contributed by atoms with Gasteiger partial charge in [0.15, 0.2) is 16.8 Å². The van der Waals surface area contributed by atoms with Crippen LogP contribution in [0, 0.1) is 37.0 Å². The molecule has 4 saturated carbocycles. The number of sulfonamides is 1. The van der Waals surface area contributed by atoms with Crippen LogP contribution in [0.1, 0.15) is 66.7 Å². The number of aryl methyl sites for hydroxylation is 1. The highest BCUT2D eigenvalue weighted by Crippen LogP contribution is 2.60. The van der Waals surface area contributed by atoms with E-state index in [1.165, 1.54) is 49.9 Å². The van der Waals surface area contributed by atoms with Crippen LogP contribution in [0.25, 0.3) is 21.3 Å². The van der Waals surface area contributed by atoms with Crippen LogP contribution in [-0.2, 0) is 21.4 Å². The number of carbonyl (C=O) groups excluding carboxylic acids is 1. The molecule has 57 heavy (non-hydrogen) atoms. The number of fused-ring (bicyclic) bond motifs is 1. The first kappa shape index (κ1) is 38.9. The number of anilines is 4. The van der Waals surface area contributed by atoms with Gasteiger partial charge in [-0.2, -0.15) is 5.10 Å². The predicted molar refractivity (Wildman–Crippen MR) is 220 cm³/mol. The zero-order valence-electron chi connectivity index (χ0n) is 32.6. The van der Waals surface area contributed by atoms with E-state index in [0.29, 0.717) is 33.7 Å². The minimum atomic E-state index is -4.12. The number of aliphatic carboxylic acids is 1. The number of hydrogen-bond donors (Lipinski definition) is 3. The van der Waals surface area contributed by atoms with E-state index in [1.54, 1.807) is 42.2 Å². The lowest BCUT2D eigenvalue weighted by Crippen LogP contribution is -2.48. The number of carboxylic acids is 1. The summed E-state index contributed by atoms with van der Waals surface area (Å²) in [6.45, 7) is 4.94. The fraction of sp³-hybridized carbons (Fsp3) is 0.475. The van der Waals surface area contributed by atoms with Gasteiger partial charge >= 0.3 is 5.97 Å². The third-order valence-electron chi connectivity index (χ3n) is 12.0. The summed E-state index contributed by atoms with van der Waals surface area (Å²) < 4.78 is 31.9. The number of carbonyl (C=O) groups is 2. The summed E-state index contributed by atoms with van der Waals surface area (Å²) in [7, 11) is -0.732. The van der Waals surface area contributed by atoms with Gasteiger partial charge in [-0.05, 0) is 118 Å². The number of nitrogens with zero attached hydrogens (tertiary/aromatic N) is 8. The number of rotatable bonds is 15. The zero-order chi connectivity index (χ0) is 40.1. The van der Waals surface area contributed by atoms with Crippen LogP contribution in [0.3, 0.4) is 0 Å². The number of aromatic nitrogens is 6. The van der Waals surface area contributed by atoms with Gasteiger partial charge in [-0.1, -0.05) is 23.5 Å². The van der Waals surface area contributed by atoms with Crippen molar-refractivity contribution >= 4 is 66.0 Å². The first-order valence-corrected chi connectivity index (χ1v) is 21.9. The lowest BCUT2D eigenvalue weighted by atomic mass is 9.49. The molecule has 0 aliphatic heterocycles. The molecule has 1 aromatic carbocycles. The van der Waals surface area contributed by atoms with Crippen molar-refractivity contribution in [1.82, 2.24) is 39.6 Å². The first-order valence-electron chi connectivity index (χ1n) is 19.4. The number of pyridine rings is 1. The van der Waals surface area contributed by atoms with Crippen LogP contribution in [0.5, 0.6) is 0 Å². The second-order valence-electron chi connectivity index (χ2n) is 16.4. The lowest BCUT2D eigenvalue weighted by molar-refractivity contribution is -0.137. The number of nitrogens with one attached hydrogen (secondary N) is 2. The normalized spacial score (nSPS) is 21.3. The molecule has 0 spiro atoms. The molecule has 5 aromatic rings. The van der Waals surface area contributed by atoms with E-state index >= 15 is 0 Å². The molecule has 9 rings (SSSR count). The van der Waals surface area contributed by atoms with Crippen LogP contribution in [0.4, 0.5) is 22.6 Å². The lowest BCUT2D eigenvalue weighted by Gasteiger charge is -2.56. The maximum atomic E-state index is 14.0. The van der Waals surface area contributed by atoms with Crippen molar-refractivity contribution in [2.75, 3.05) is 43.2 Å². The maximum absolute atomic E-state index is 14.0. The summed E-state index contributed by atoms with van der Waals surface area (Å²) in [5.41, 5.74) is 3.92. The Kier molecular flexibility index (Phi) is 10.5. The molecule has 4 heterocycles. The fourth-order valence-corrected chi connectivity index (χ4v) is 11.4. The minimum absolute atomic E-state index is 0.0387. The van der Waals surface area contributed by atoms with Crippen LogP contribution < -0.4 is 14.9 Å². The number of thiazole rings is 1. The Labute approximate surface area is 336 Å². The maximum Gasteiger partial charge on any atom is 0.304 e. The van der Waals surface area contributed by atoms with E-state index in [2.05, 4.69) is 29.9 Å². The predicted octanol–water partition coefficient (Wildman–Crippen LogP) is 6.16. The standard InChI is InChI=1S/C40H48N10O5S2/c1-24-15-34(45-46-37(24)44-39-42-31-7-5-6-8-32(31)56-39)49(4)33-10-9-29(36(43-33)38(53)47-57(54,55)14-13-48(3)12-11-35(51)52)30-22-41-50(25(30)2)23-40-19-26-16-27(20-40)18-28(17-26)21-40/h5-10,15,22,26-28H,11-14,16-21,23H2,1-4H3,(H,47,53)(H,51,52)(H,42,44,46). The average Bonchev–Trinajstić information content (AvgIpc) is 3.74. The number of carboxylic acid groups (broad SMARTS) is 1. The summed E-state index contributed by atoms with van der Waals surface area (Å²) in [6, 6.07) is 13.3. The molecular weight excluding hydrogens is 765 g/mol. The monoisotopic (exact) mass is 812 g/mol. The van der Waals surface area contributed by atoms with E-state index in [4.69, 9.17) is 15.2 Å². The molecular formula is C40H48N10O5S2. The Morgan fingerprint density at radius 3 is 2.35 bits per heavy atom. The summed E-state index contributed by atoms with van der Waals surface area (Å²) >= 11 is 1.52. The van der Waals surface area contributed by atoms with Gasteiger partial charge in [0.05, 0.1) is 28.6 Å². The number of para-hydroxylation sites is 1. The quantitative estimate of drug-likeness (QED) is 0.109. The third kappa shape index (κ3) is 8.36. The molecule has 0 radical (unpaired) electrons. The number of amides is 1. The van der Waals surface area contributed by atoms with Gasteiger partial charge in [0.1, 0.15) is 11.5 Å². The average molecular weight is 813 g/mol. The van der Waals surface area contributed by atoms with Gasteiger partial charge in [0, 0.05) is 43.5 Å².